The molecule has 0 heterocycles. The molecule has 2 nitrogen and oxygen atoms in total. The van der Waals surface area contributed by atoms with Crippen LogP contribution in [0.25, 0.3) is 0 Å². The highest BCUT2D eigenvalue weighted by Crippen LogP contribution is 2.35. The first kappa shape index (κ1) is 9.17. The van der Waals surface area contributed by atoms with Gasteiger partial charge in [0.25, 0.3) is 0 Å². The van der Waals surface area contributed by atoms with Gasteiger partial charge < -0.3 is 9.47 Å². The van der Waals surface area contributed by atoms with Gasteiger partial charge in [-0.2, -0.15) is 0 Å². The molecule has 0 aromatic heterocycles. The van der Waals surface area contributed by atoms with E-state index in [-0.39, 0.29) is 0 Å². The van der Waals surface area contributed by atoms with E-state index in [2.05, 4.69) is 0 Å². The summed E-state index contributed by atoms with van der Waals surface area (Å²) in [5.74, 6) is 0. The van der Waals surface area contributed by atoms with Gasteiger partial charge in [-0.1, -0.05) is 12.8 Å². The maximum absolute atomic E-state index is 6.02. The quantitative estimate of drug-likeness (QED) is 0.688. The third-order valence-corrected chi connectivity index (χ3v) is 3.43. The van der Waals surface area contributed by atoms with Gasteiger partial charge in [-0.25, -0.2) is 0 Å². The molecule has 0 amide bonds. The van der Waals surface area contributed by atoms with E-state index in [1.54, 1.807) is 0 Å². The van der Waals surface area contributed by atoms with Gasteiger partial charge in [0.2, 0.25) is 0 Å². The van der Waals surface area contributed by atoms with Crippen molar-refractivity contribution in [3.8, 4) is 0 Å². The molecule has 3 saturated carbocycles. The summed E-state index contributed by atoms with van der Waals surface area (Å²) in [4.78, 5) is 0. The molecule has 80 valence electrons. The van der Waals surface area contributed by atoms with E-state index >= 15 is 0 Å². The Labute approximate surface area is 86.0 Å². The SMILES string of the molecule is C1CCC(OC2CC2)C(OC2CC2)C1. The minimum Gasteiger partial charge on any atom is -0.372 e. The standard InChI is InChI=1S/C12H20O2/c1-2-4-12(14-10-7-8-10)11(3-1)13-9-5-6-9/h9-12H,1-8H2. The smallest absolute Gasteiger partial charge is 0.0840 e. The average molecular weight is 196 g/mol. The van der Waals surface area contributed by atoms with Crippen LogP contribution in [0, 0.1) is 0 Å². The van der Waals surface area contributed by atoms with Crippen molar-refractivity contribution in [3.63, 3.8) is 0 Å². The molecule has 3 aliphatic rings. The summed E-state index contributed by atoms with van der Waals surface area (Å²) < 4.78 is 12.0. The third kappa shape index (κ3) is 2.29. The van der Waals surface area contributed by atoms with Gasteiger partial charge in [0, 0.05) is 0 Å². The molecule has 3 fully saturated rings. The van der Waals surface area contributed by atoms with E-state index in [0.717, 1.165) is 0 Å². The van der Waals surface area contributed by atoms with Crippen molar-refractivity contribution in [2.75, 3.05) is 0 Å². The lowest BCUT2D eigenvalue weighted by atomic mass is 9.94. The fraction of sp³-hybridized carbons (Fsp3) is 1.00. The molecule has 0 aromatic carbocycles. The second kappa shape index (κ2) is 3.82. The van der Waals surface area contributed by atoms with Crippen LogP contribution < -0.4 is 0 Å². The van der Waals surface area contributed by atoms with Gasteiger partial charge in [0.1, 0.15) is 0 Å². The van der Waals surface area contributed by atoms with Crippen molar-refractivity contribution < 1.29 is 9.47 Å². The highest BCUT2D eigenvalue weighted by atomic mass is 16.6. The Morgan fingerprint density at radius 2 is 1.00 bits per heavy atom. The molecule has 0 N–H and O–H groups in total. The fourth-order valence-corrected chi connectivity index (χ4v) is 2.28. The van der Waals surface area contributed by atoms with Gasteiger partial charge in [0.15, 0.2) is 0 Å². The van der Waals surface area contributed by atoms with Crippen molar-refractivity contribution in [1.82, 2.24) is 0 Å². The topological polar surface area (TPSA) is 18.5 Å². The van der Waals surface area contributed by atoms with Crippen LogP contribution in [0.4, 0.5) is 0 Å². The predicted molar refractivity (Wildman–Crippen MR) is 54.3 cm³/mol. The van der Waals surface area contributed by atoms with Crippen LogP contribution in [-0.2, 0) is 9.47 Å². The van der Waals surface area contributed by atoms with Crippen molar-refractivity contribution in [2.45, 2.75) is 75.8 Å². The van der Waals surface area contributed by atoms with Crippen LogP contribution in [0.2, 0.25) is 0 Å². The Hall–Kier alpha value is -0.0800. The van der Waals surface area contributed by atoms with E-state index in [9.17, 15) is 0 Å². The van der Waals surface area contributed by atoms with Gasteiger partial charge in [-0.3, -0.25) is 0 Å². The first-order valence-electron chi connectivity index (χ1n) is 6.23. The molecule has 2 heteroatoms. The monoisotopic (exact) mass is 196 g/mol. The predicted octanol–water partition coefficient (Wildman–Crippen LogP) is 2.66. The normalized spacial score (nSPS) is 38.6. The van der Waals surface area contributed by atoms with Gasteiger partial charge in [-0.05, 0) is 38.5 Å². The largest absolute Gasteiger partial charge is 0.372 e. The van der Waals surface area contributed by atoms with Crippen LogP contribution in [0.3, 0.4) is 0 Å². The highest BCUT2D eigenvalue weighted by molar-refractivity contribution is 4.85. The maximum atomic E-state index is 6.02. The molecule has 0 saturated heterocycles. The summed E-state index contributed by atoms with van der Waals surface area (Å²) in [6, 6.07) is 0. The zero-order valence-corrected chi connectivity index (χ0v) is 8.78. The number of hydrogen-bond acceptors (Lipinski definition) is 2. The molecule has 0 aliphatic heterocycles. The van der Waals surface area contributed by atoms with Gasteiger partial charge in [0.05, 0.1) is 24.4 Å². The molecule has 2 unspecified atom stereocenters. The van der Waals surface area contributed by atoms with Crippen LogP contribution in [0.5, 0.6) is 0 Å². The zero-order valence-electron chi connectivity index (χ0n) is 8.78. The summed E-state index contributed by atoms with van der Waals surface area (Å²) >= 11 is 0. The Bertz CT molecular complexity index is 174. The Balaban J connectivity index is 1.52. The number of hydrogen-bond donors (Lipinski definition) is 0. The van der Waals surface area contributed by atoms with Crippen LogP contribution in [-0.4, -0.2) is 24.4 Å². The molecule has 2 atom stereocenters. The van der Waals surface area contributed by atoms with E-state index < -0.39 is 0 Å². The second-order valence-corrected chi connectivity index (χ2v) is 5.03. The molecular formula is C12H20O2. The molecule has 0 aromatic rings. The zero-order chi connectivity index (χ0) is 9.38. The van der Waals surface area contributed by atoms with Crippen LogP contribution in [0.1, 0.15) is 51.4 Å². The summed E-state index contributed by atoms with van der Waals surface area (Å²) in [5, 5.41) is 0. The van der Waals surface area contributed by atoms with Crippen molar-refractivity contribution in [3.05, 3.63) is 0 Å². The molecule has 3 aliphatic carbocycles. The van der Waals surface area contributed by atoms with Crippen LogP contribution >= 0.6 is 0 Å². The minimum absolute atomic E-state index is 0.428. The van der Waals surface area contributed by atoms with Crippen molar-refractivity contribution in [1.29, 1.82) is 0 Å². The van der Waals surface area contributed by atoms with Crippen molar-refractivity contribution >= 4 is 0 Å². The maximum Gasteiger partial charge on any atom is 0.0840 e. The molecule has 0 bridgehead atoms. The number of rotatable bonds is 4. The Morgan fingerprint density at radius 3 is 1.36 bits per heavy atom. The summed E-state index contributed by atoms with van der Waals surface area (Å²) in [6.07, 6.45) is 12.3. The van der Waals surface area contributed by atoms with Crippen molar-refractivity contribution in [2.24, 2.45) is 0 Å². The highest BCUT2D eigenvalue weighted by Gasteiger charge is 2.36. The van der Waals surface area contributed by atoms with E-state index in [1.165, 1.54) is 51.4 Å². The molecule has 0 spiro atoms. The minimum atomic E-state index is 0.428. The molecule has 14 heavy (non-hydrogen) atoms. The van der Waals surface area contributed by atoms with Gasteiger partial charge in [-0.15, -0.1) is 0 Å². The Morgan fingerprint density at radius 1 is 0.571 bits per heavy atom. The van der Waals surface area contributed by atoms with E-state index in [1.807, 2.05) is 0 Å². The fourth-order valence-electron chi connectivity index (χ4n) is 2.28. The number of ether oxygens (including phenoxy) is 2. The average Bonchev–Trinajstić information content (AvgIpc) is 3.01. The third-order valence-electron chi connectivity index (χ3n) is 3.43. The molecule has 0 radical (unpaired) electrons. The first-order chi connectivity index (χ1) is 6.92. The lowest BCUT2D eigenvalue weighted by Crippen LogP contribution is -2.35. The molecular weight excluding hydrogens is 176 g/mol. The summed E-state index contributed by atoms with van der Waals surface area (Å²) in [5.41, 5.74) is 0. The molecule has 3 rings (SSSR count). The lowest BCUT2D eigenvalue weighted by Gasteiger charge is -2.31. The van der Waals surface area contributed by atoms with Crippen LogP contribution in [0.15, 0.2) is 0 Å². The second-order valence-electron chi connectivity index (χ2n) is 5.03. The lowest BCUT2D eigenvalue weighted by molar-refractivity contribution is -0.103. The first-order valence-corrected chi connectivity index (χ1v) is 6.23. The van der Waals surface area contributed by atoms with E-state index in [4.69, 9.17) is 9.47 Å². The summed E-state index contributed by atoms with van der Waals surface area (Å²) in [7, 11) is 0. The summed E-state index contributed by atoms with van der Waals surface area (Å²) in [6.45, 7) is 0. The Kier molecular flexibility index (Phi) is 2.50. The van der Waals surface area contributed by atoms with E-state index in [0.29, 0.717) is 24.4 Å². The van der Waals surface area contributed by atoms with Gasteiger partial charge >= 0.3 is 0 Å².